The Balaban J connectivity index is 2.10. The van der Waals surface area contributed by atoms with Crippen LogP contribution in [0.4, 0.5) is 5.82 Å². The molecule has 1 atom stereocenters. The van der Waals surface area contributed by atoms with Crippen molar-refractivity contribution in [2.75, 3.05) is 11.9 Å². The monoisotopic (exact) mass is 307 g/mol. The molecule has 1 unspecified atom stereocenters. The number of hydrogen-bond acceptors (Lipinski definition) is 4. The van der Waals surface area contributed by atoms with Crippen LogP contribution in [0.5, 0.6) is 0 Å². The van der Waals surface area contributed by atoms with Gasteiger partial charge >= 0.3 is 0 Å². The third-order valence-corrected chi connectivity index (χ3v) is 3.27. The lowest BCUT2D eigenvalue weighted by atomic mass is 10.2. The number of aromatic nitrogens is 1. The molecule has 112 valence electrons. The molecule has 0 radical (unpaired) electrons. The van der Waals surface area contributed by atoms with Crippen molar-refractivity contribution in [3.8, 4) is 0 Å². The molecule has 0 aliphatic heterocycles. The van der Waals surface area contributed by atoms with Crippen molar-refractivity contribution in [3.05, 3.63) is 47.0 Å². The van der Waals surface area contributed by atoms with Gasteiger partial charge in [0.15, 0.2) is 0 Å². The fraction of sp³-hybridized carbons (Fsp3) is 0.333. The molecule has 2 heterocycles. The van der Waals surface area contributed by atoms with Crippen molar-refractivity contribution in [1.29, 1.82) is 0 Å². The van der Waals surface area contributed by atoms with Crippen LogP contribution in [-0.2, 0) is 0 Å². The lowest BCUT2D eigenvalue weighted by Crippen LogP contribution is -2.26. The molecule has 5 nitrogen and oxygen atoms in total. The molecule has 6 heteroatoms. The third kappa shape index (κ3) is 3.98. The van der Waals surface area contributed by atoms with E-state index < -0.39 is 0 Å². The summed E-state index contributed by atoms with van der Waals surface area (Å²) in [6.07, 6.45) is 4.03. The lowest BCUT2D eigenvalue weighted by molar-refractivity contribution is 0.0935. The van der Waals surface area contributed by atoms with E-state index in [1.807, 2.05) is 13.0 Å². The van der Waals surface area contributed by atoms with Crippen LogP contribution in [-0.4, -0.2) is 17.4 Å². The van der Waals surface area contributed by atoms with Gasteiger partial charge in [-0.15, -0.1) is 0 Å². The number of nitrogens with zero attached hydrogens (tertiary/aromatic N) is 1. The van der Waals surface area contributed by atoms with E-state index in [4.69, 9.17) is 16.0 Å². The molecule has 0 saturated carbocycles. The van der Waals surface area contributed by atoms with Crippen LogP contribution >= 0.6 is 11.6 Å². The van der Waals surface area contributed by atoms with Crippen molar-refractivity contribution in [2.24, 2.45) is 0 Å². The minimum absolute atomic E-state index is 0.233. The molecular formula is C15H18ClN3O2. The largest absolute Gasteiger partial charge is 0.467 e. The van der Waals surface area contributed by atoms with Crippen molar-refractivity contribution < 1.29 is 9.21 Å². The van der Waals surface area contributed by atoms with Crippen molar-refractivity contribution in [3.63, 3.8) is 0 Å². The zero-order valence-corrected chi connectivity index (χ0v) is 12.8. The highest BCUT2D eigenvalue weighted by molar-refractivity contribution is 6.33. The summed E-state index contributed by atoms with van der Waals surface area (Å²) in [6.45, 7) is 4.70. The van der Waals surface area contributed by atoms with E-state index in [0.29, 0.717) is 22.2 Å². The van der Waals surface area contributed by atoms with Crippen LogP contribution in [0, 0.1) is 0 Å². The first-order chi connectivity index (χ1) is 10.1. The first kappa shape index (κ1) is 15.4. The van der Waals surface area contributed by atoms with Crippen molar-refractivity contribution >= 4 is 23.3 Å². The maximum absolute atomic E-state index is 12.3. The Labute approximate surface area is 128 Å². The second kappa shape index (κ2) is 7.13. The van der Waals surface area contributed by atoms with Crippen LogP contribution in [0.15, 0.2) is 35.1 Å². The number of hydrogen-bond donors (Lipinski definition) is 2. The zero-order chi connectivity index (χ0) is 15.2. The summed E-state index contributed by atoms with van der Waals surface area (Å²) in [5, 5.41) is 6.30. The standard InChI is InChI=1S/C15H18ClN3O2/c1-3-6-17-14-8-11(12(16)9-18-14)15(20)19-10(2)13-5-4-7-21-13/h4-5,7-10H,3,6H2,1-2H3,(H,17,18)(H,19,20). The fourth-order valence-corrected chi connectivity index (χ4v) is 2.03. The number of amides is 1. The van der Waals surface area contributed by atoms with E-state index in [1.165, 1.54) is 6.20 Å². The molecule has 0 saturated heterocycles. The molecule has 0 fully saturated rings. The minimum Gasteiger partial charge on any atom is -0.467 e. The Bertz CT molecular complexity index is 599. The maximum atomic E-state index is 12.3. The molecule has 0 aliphatic rings. The van der Waals surface area contributed by atoms with E-state index in [2.05, 4.69) is 22.5 Å². The first-order valence-corrected chi connectivity index (χ1v) is 7.23. The molecule has 2 aromatic rings. The molecule has 0 aromatic carbocycles. The summed E-state index contributed by atoms with van der Waals surface area (Å²) >= 11 is 6.06. The van der Waals surface area contributed by atoms with Crippen molar-refractivity contribution in [2.45, 2.75) is 26.3 Å². The average molecular weight is 308 g/mol. The molecule has 2 rings (SSSR count). The van der Waals surface area contributed by atoms with Crippen LogP contribution in [0.25, 0.3) is 0 Å². The second-order valence-corrected chi connectivity index (χ2v) is 5.09. The third-order valence-electron chi connectivity index (χ3n) is 2.97. The number of carbonyl (C=O) groups is 1. The van der Waals surface area contributed by atoms with Gasteiger partial charge in [0.25, 0.3) is 5.91 Å². The Hall–Kier alpha value is -2.01. The number of rotatable bonds is 6. The van der Waals surface area contributed by atoms with Gasteiger partial charge in [-0.2, -0.15) is 0 Å². The molecular weight excluding hydrogens is 290 g/mol. The van der Waals surface area contributed by atoms with E-state index in [1.54, 1.807) is 18.4 Å². The Morgan fingerprint density at radius 3 is 3.00 bits per heavy atom. The van der Waals surface area contributed by atoms with E-state index >= 15 is 0 Å². The molecule has 0 bridgehead atoms. The number of anilines is 1. The minimum atomic E-state index is -0.258. The smallest absolute Gasteiger partial charge is 0.253 e. The predicted octanol–water partition coefficient (Wildman–Crippen LogP) is 3.64. The van der Waals surface area contributed by atoms with Gasteiger partial charge in [0.1, 0.15) is 11.6 Å². The van der Waals surface area contributed by atoms with Gasteiger partial charge in [0, 0.05) is 12.7 Å². The quantitative estimate of drug-likeness (QED) is 0.855. The second-order valence-electron chi connectivity index (χ2n) is 4.69. The highest BCUT2D eigenvalue weighted by atomic mass is 35.5. The lowest BCUT2D eigenvalue weighted by Gasteiger charge is -2.13. The number of halogens is 1. The van der Waals surface area contributed by atoms with E-state index in [0.717, 1.165) is 13.0 Å². The van der Waals surface area contributed by atoms with E-state index in [9.17, 15) is 4.79 Å². The van der Waals surface area contributed by atoms with Crippen LogP contribution in [0.2, 0.25) is 5.02 Å². The first-order valence-electron chi connectivity index (χ1n) is 6.85. The molecule has 2 N–H and O–H groups in total. The molecule has 0 aliphatic carbocycles. The number of furan rings is 1. The molecule has 2 aromatic heterocycles. The van der Waals surface area contributed by atoms with Gasteiger partial charge in [0.2, 0.25) is 0 Å². The van der Waals surface area contributed by atoms with Gasteiger partial charge in [-0.05, 0) is 31.5 Å². The number of carbonyl (C=O) groups excluding carboxylic acids is 1. The van der Waals surface area contributed by atoms with Crippen LogP contribution < -0.4 is 10.6 Å². The summed E-state index contributed by atoms with van der Waals surface area (Å²) in [5.74, 6) is 1.07. The maximum Gasteiger partial charge on any atom is 0.253 e. The summed E-state index contributed by atoms with van der Waals surface area (Å²) in [6, 6.07) is 5.02. The van der Waals surface area contributed by atoms with Gasteiger partial charge in [-0.3, -0.25) is 4.79 Å². The number of nitrogens with one attached hydrogen (secondary N) is 2. The predicted molar refractivity (Wildman–Crippen MR) is 82.6 cm³/mol. The van der Waals surface area contributed by atoms with Gasteiger partial charge in [0.05, 0.1) is 22.9 Å². The van der Waals surface area contributed by atoms with Gasteiger partial charge in [-0.25, -0.2) is 4.98 Å². The summed E-state index contributed by atoms with van der Waals surface area (Å²) in [5.41, 5.74) is 0.392. The summed E-state index contributed by atoms with van der Waals surface area (Å²) in [4.78, 5) is 16.5. The highest BCUT2D eigenvalue weighted by Gasteiger charge is 2.16. The fourth-order valence-electron chi connectivity index (χ4n) is 1.85. The van der Waals surface area contributed by atoms with E-state index in [-0.39, 0.29) is 11.9 Å². The topological polar surface area (TPSA) is 67.2 Å². The summed E-state index contributed by atoms with van der Waals surface area (Å²) < 4.78 is 5.27. The SMILES string of the molecule is CCCNc1cc(C(=O)NC(C)c2ccco2)c(Cl)cn1. The Morgan fingerprint density at radius 1 is 1.52 bits per heavy atom. The van der Waals surface area contributed by atoms with Crippen LogP contribution in [0.3, 0.4) is 0 Å². The normalized spacial score (nSPS) is 12.0. The Kier molecular flexibility index (Phi) is 5.22. The van der Waals surface area contributed by atoms with Crippen molar-refractivity contribution in [1.82, 2.24) is 10.3 Å². The highest BCUT2D eigenvalue weighted by Crippen LogP contribution is 2.20. The molecule has 21 heavy (non-hydrogen) atoms. The Morgan fingerprint density at radius 2 is 2.33 bits per heavy atom. The zero-order valence-electron chi connectivity index (χ0n) is 12.0. The number of pyridine rings is 1. The average Bonchev–Trinajstić information content (AvgIpc) is 3.00. The molecule has 0 spiro atoms. The van der Waals surface area contributed by atoms with Gasteiger partial charge < -0.3 is 15.1 Å². The summed E-state index contributed by atoms with van der Waals surface area (Å²) in [7, 11) is 0. The van der Waals surface area contributed by atoms with Crippen LogP contribution in [0.1, 0.15) is 42.4 Å². The van der Waals surface area contributed by atoms with Gasteiger partial charge in [-0.1, -0.05) is 18.5 Å². The molecule has 1 amide bonds.